The van der Waals surface area contributed by atoms with Gasteiger partial charge in [0.25, 0.3) is 5.91 Å². The Bertz CT molecular complexity index is 659. The molecule has 1 aliphatic carbocycles. The Balaban J connectivity index is 1.85. The fourth-order valence-corrected chi connectivity index (χ4v) is 2.83. The van der Waals surface area contributed by atoms with Gasteiger partial charge in [0.1, 0.15) is 11.5 Å². The molecule has 0 spiro atoms. The van der Waals surface area contributed by atoms with E-state index in [0.717, 1.165) is 12.8 Å². The second-order valence-electron chi connectivity index (χ2n) is 5.46. The van der Waals surface area contributed by atoms with E-state index in [1.165, 1.54) is 29.8 Å². The van der Waals surface area contributed by atoms with Crippen LogP contribution in [0, 0.1) is 12.7 Å². The van der Waals surface area contributed by atoms with Gasteiger partial charge in [0.15, 0.2) is 0 Å². The van der Waals surface area contributed by atoms with Gasteiger partial charge < -0.3 is 5.32 Å². The number of benzene rings is 1. The third kappa shape index (κ3) is 2.68. The number of amides is 1. The number of nitrogens with zero attached hydrogens (tertiary/aromatic N) is 2. The Morgan fingerprint density at radius 2 is 2.05 bits per heavy atom. The first-order valence-electron chi connectivity index (χ1n) is 7.27. The first-order valence-corrected chi connectivity index (χ1v) is 7.27. The first kappa shape index (κ1) is 13.8. The molecule has 2 aromatic rings. The van der Waals surface area contributed by atoms with Crippen LogP contribution in [-0.4, -0.2) is 21.7 Å². The van der Waals surface area contributed by atoms with E-state index < -0.39 is 0 Å². The van der Waals surface area contributed by atoms with Gasteiger partial charge in [-0.2, -0.15) is 5.10 Å². The highest BCUT2D eigenvalue weighted by Gasteiger charge is 2.21. The van der Waals surface area contributed by atoms with Crippen LogP contribution >= 0.6 is 0 Å². The minimum Gasteiger partial charge on any atom is -0.349 e. The number of rotatable bonds is 3. The fourth-order valence-electron chi connectivity index (χ4n) is 2.83. The molecule has 3 rings (SSSR count). The van der Waals surface area contributed by atoms with Crippen molar-refractivity contribution in [2.75, 3.05) is 0 Å². The van der Waals surface area contributed by atoms with Crippen LogP contribution in [0.3, 0.4) is 0 Å². The van der Waals surface area contributed by atoms with Gasteiger partial charge in [0.05, 0.1) is 17.5 Å². The molecule has 0 unspecified atom stereocenters. The van der Waals surface area contributed by atoms with E-state index >= 15 is 0 Å². The molecule has 1 aromatic carbocycles. The molecule has 0 bridgehead atoms. The lowest BCUT2D eigenvalue weighted by Crippen LogP contribution is -2.32. The molecule has 1 aromatic heterocycles. The van der Waals surface area contributed by atoms with Crippen molar-refractivity contribution in [3.8, 4) is 5.69 Å². The van der Waals surface area contributed by atoms with E-state index in [9.17, 15) is 9.18 Å². The van der Waals surface area contributed by atoms with Crippen LogP contribution in [-0.2, 0) is 0 Å². The third-order valence-electron chi connectivity index (χ3n) is 4.03. The average Bonchev–Trinajstić information content (AvgIpc) is 3.09. The van der Waals surface area contributed by atoms with Gasteiger partial charge in [-0.15, -0.1) is 0 Å². The lowest BCUT2D eigenvalue weighted by atomic mass is 10.2. The van der Waals surface area contributed by atoms with Gasteiger partial charge in [-0.25, -0.2) is 9.07 Å². The summed E-state index contributed by atoms with van der Waals surface area (Å²) in [6.07, 6.45) is 5.90. The van der Waals surface area contributed by atoms with Crippen LogP contribution in [0.15, 0.2) is 30.5 Å². The van der Waals surface area contributed by atoms with Crippen molar-refractivity contribution in [3.63, 3.8) is 0 Å². The van der Waals surface area contributed by atoms with E-state index in [0.29, 0.717) is 16.9 Å². The fraction of sp³-hybridized carbons (Fsp3) is 0.375. The predicted molar refractivity (Wildman–Crippen MR) is 78.0 cm³/mol. The maximum Gasteiger partial charge on any atom is 0.254 e. The van der Waals surface area contributed by atoms with Crippen molar-refractivity contribution < 1.29 is 9.18 Å². The Morgan fingerprint density at radius 1 is 1.33 bits per heavy atom. The summed E-state index contributed by atoms with van der Waals surface area (Å²) in [6, 6.07) is 6.67. The zero-order valence-electron chi connectivity index (χ0n) is 12.0. The molecule has 0 saturated heterocycles. The summed E-state index contributed by atoms with van der Waals surface area (Å²) in [5.41, 5.74) is 1.51. The lowest BCUT2D eigenvalue weighted by Gasteiger charge is -2.11. The molecule has 0 radical (unpaired) electrons. The van der Waals surface area contributed by atoms with Crippen LogP contribution < -0.4 is 5.32 Å². The van der Waals surface area contributed by atoms with Crippen LogP contribution in [0.2, 0.25) is 0 Å². The molecular formula is C16H18FN3O. The zero-order valence-corrected chi connectivity index (χ0v) is 12.0. The summed E-state index contributed by atoms with van der Waals surface area (Å²) >= 11 is 0. The Hall–Kier alpha value is -2.17. The van der Waals surface area contributed by atoms with Crippen molar-refractivity contribution in [1.82, 2.24) is 15.1 Å². The molecule has 21 heavy (non-hydrogen) atoms. The van der Waals surface area contributed by atoms with Crippen LogP contribution in [0.5, 0.6) is 0 Å². The van der Waals surface area contributed by atoms with Gasteiger partial charge in [-0.1, -0.05) is 25.0 Å². The van der Waals surface area contributed by atoms with Crippen molar-refractivity contribution >= 4 is 5.91 Å². The van der Waals surface area contributed by atoms with Gasteiger partial charge >= 0.3 is 0 Å². The molecule has 4 nitrogen and oxygen atoms in total. The number of hydrogen-bond donors (Lipinski definition) is 1. The number of halogens is 1. The molecule has 1 N–H and O–H groups in total. The smallest absolute Gasteiger partial charge is 0.254 e. The standard InChI is InChI=1S/C16H18FN3O/c1-11-13(16(21)19-12-6-2-3-7-12)10-18-20(11)15-9-5-4-8-14(15)17/h4-5,8-10,12H,2-3,6-7H2,1H3,(H,19,21). The van der Waals surface area contributed by atoms with E-state index in [1.54, 1.807) is 25.1 Å². The summed E-state index contributed by atoms with van der Waals surface area (Å²) in [7, 11) is 0. The van der Waals surface area contributed by atoms with E-state index in [1.807, 2.05) is 0 Å². The average molecular weight is 287 g/mol. The second kappa shape index (κ2) is 5.68. The summed E-state index contributed by atoms with van der Waals surface area (Å²) < 4.78 is 15.3. The molecule has 1 amide bonds. The summed E-state index contributed by atoms with van der Waals surface area (Å²) in [4.78, 5) is 12.3. The quantitative estimate of drug-likeness (QED) is 0.943. The number of nitrogens with one attached hydrogen (secondary N) is 1. The lowest BCUT2D eigenvalue weighted by molar-refractivity contribution is 0.0937. The van der Waals surface area contributed by atoms with Gasteiger partial charge in [0.2, 0.25) is 0 Å². The summed E-state index contributed by atoms with van der Waals surface area (Å²) in [5, 5.41) is 7.19. The highest BCUT2D eigenvalue weighted by atomic mass is 19.1. The highest BCUT2D eigenvalue weighted by molar-refractivity contribution is 5.95. The van der Waals surface area contributed by atoms with Crippen LogP contribution in [0.1, 0.15) is 41.7 Å². The molecule has 5 heteroatoms. The number of hydrogen-bond acceptors (Lipinski definition) is 2. The Kier molecular flexibility index (Phi) is 3.73. The van der Waals surface area contributed by atoms with Gasteiger partial charge in [0, 0.05) is 6.04 Å². The third-order valence-corrected chi connectivity index (χ3v) is 4.03. The maximum absolute atomic E-state index is 13.8. The first-order chi connectivity index (χ1) is 10.2. The molecule has 110 valence electrons. The maximum atomic E-state index is 13.8. The Labute approximate surface area is 123 Å². The van der Waals surface area contributed by atoms with E-state index in [4.69, 9.17) is 0 Å². The van der Waals surface area contributed by atoms with Crippen molar-refractivity contribution in [1.29, 1.82) is 0 Å². The van der Waals surface area contributed by atoms with Gasteiger partial charge in [-0.3, -0.25) is 4.79 Å². The number of carbonyl (C=O) groups excluding carboxylic acids is 1. The molecule has 1 saturated carbocycles. The second-order valence-corrected chi connectivity index (χ2v) is 5.46. The summed E-state index contributed by atoms with van der Waals surface area (Å²) in [5.74, 6) is -0.478. The molecular weight excluding hydrogens is 269 g/mol. The minimum atomic E-state index is -0.355. The van der Waals surface area contributed by atoms with Crippen molar-refractivity contribution in [2.24, 2.45) is 0 Å². The normalized spacial score (nSPS) is 15.3. The Morgan fingerprint density at radius 3 is 2.76 bits per heavy atom. The zero-order chi connectivity index (χ0) is 14.8. The van der Waals surface area contributed by atoms with Crippen molar-refractivity contribution in [3.05, 3.63) is 47.5 Å². The number of aromatic nitrogens is 2. The molecule has 0 atom stereocenters. The highest BCUT2D eigenvalue weighted by Crippen LogP contribution is 2.20. The van der Waals surface area contributed by atoms with Crippen molar-refractivity contribution in [2.45, 2.75) is 38.6 Å². The largest absolute Gasteiger partial charge is 0.349 e. The minimum absolute atomic E-state index is 0.123. The van der Waals surface area contributed by atoms with Gasteiger partial charge in [-0.05, 0) is 31.9 Å². The number of para-hydroxylation sites is 1. The van der Waals surface area contributed by atoms with E-state index in [-0.39, 0.29) is 17.8 Å². The molecule has 1 fully saturated rings. The monoisotopic (exact) mass is 287 g/mol. The van der Waals surface area contributed by atoms with Crippen LogP contribution in [0.25, 0.3) is 5.69 Å². The molecule has 0 aliphatic heterocycles. The molecule has 1 heterocycles. The summed E-state index contributed by atoms with van der Waals surface area (Å²) in [6.45, 7) is 1.78. The van der Waals surface area contributed by atoms with Crippen LogP contribution in [0.4, 0.5) is 4.39 Å². The van der Waals surface area contributed by atoms with E-state index in [2.05, 4.69) is 10.4 Å². The molecule has 1 aliphatic rings. The predicted octanol–water partition coefficient (Wildman–Crippen LogP) is 2.99. The SMILES string of the molecule is Cc1c(C(=O)NC2CCCC2)cnn1-c1ccccc1F. The number of carbonyl (C=O) groups is 1. The topological polar surface area (TPSA) is 46.9 Å².